The van der Waals surface area contributed by atoms with Crippen molar-refractivity contribution >= 4 is 22.8 Å². The third-order valence-corrected chi connectivity index (χ3v) is 6.27. The van der Waals surface area contributed by atoms with Crippen LogP contribution in [0, 0.1) is 5.92 Å². The van der Waals surface area contributed by atoms with Gasteiger partial charge in [-0.3, -0.25) is 14.7 Å². The van der Waals surface area contributed by atoms with Crippen molar-refractivity contribution < 1.29 is 36.2 Å². The number of thioether (sulfide) groups is 1. The molecule has 5 nitrogen and oxygen atoms in total. The number of halogens is 6. The average molecular weight is 510 g/mol. The van der Waals surface area contributed by atoms with E-state index in [9.17, 15) is 36.2 Å². The van der Waals surface area contributed by atoms with Crippen molar-refractivity contribution in [3.8, 4) is 0 Å². The molecule has 0 unspecified atom stereocenters. The molecule has 2 aliphatic rings. The summed E-state index contributed by atoms with van der Waals surface area (Å²) in [6.07, 6.45) is -6.62. The fraction of sp³-hybridized carbons (Fsp3) is 0.545. The van der Waals surface area contributed by atoms with Gasteiger partial charge in [-0.1, -0.05) is 12.1 Å². The van der Waals surface area contributed by atoms with Crippen LogP contribution in [0.15, 0.2) is 34.2 Å². The standard InChI is InChI=1S/C22H25F6N3O2S/c1-20(2,33)12-29-18-17(34-19(32)30-18)9-13-5-7-31(8-6-13)11-14-3-4-15(21(23,24)25)10-16(14)22(26,27)28/h3-4,9-10,13,33H,5-8,11-12H2,1-2H3,(H,29,30,32)/b17-9+. The smallest absolute Gasteiger partial charge is 0.389 e. The molecule has 2 aliphatic heterocycles. The summed E-state index contributed by atoms with van der Waals surface area (Å²) >= 11 is 0.997. The quantitative estimate of drug-likeness (QED) is 0.519. The van der Waals surface area contributed by atoms with Crippen molar-refractivity contribution in [2.45, 2.75) is 51.2 Å². The Bertz CT molecular complexity index is 974. The highest BCUT2D eigenvalue weighted by Crippen LogP contribution is 2.38. The number of rotatable bonds is 5. The summed E-state index contributed by atoms with van der Waals surface area (Å²) in [4.78, 5) is 18.5. The van der Waals surface area contributed by atoms with Crippen LogP contribution in [-0.4, -0.2) is 46.3 Å². The number of likely N-dealkylation sites (tertiary alicyclic amines) is 1. The van der Waals surface area contributed by atoms with Crippen molar-refractivity contribution in [2.75, 3.05) is 19.6 Å². The third-order valence-electron chi connectivity index (χ3n) is 5.44. The number of aliphatic imine (C=N–C) groups is 1. The summed E-state index contributed by atoms with van der Waals surface area (Å²) in [5.74, 6) is 0.451. The highest BCUT2D eigenvalue weighted by Gasteiger charge is 2.38. The molecular weight excluding hydrogens is 484 g/mol. The number of allylic oxidation sites excluding steroid dienone is 1. The van der Waals surface area contributed by atoms with Crippen LogP contribution < -0.4 is 5.32 Å². The van der Waals surface area contributed by atoms with E-state index in [1.54, 1.807) is 18.7 Å². The fourth-order valence-corrected chi connectivity index (χ4v) is 4.54. The highest BCUT2D eigenvalue weighted by atomic mass is 32.2. The zero-order valence-corrected chi connectivity index (χ0v) is 19.4. The van der Waals surface area contributed by atoms with E-state index < -0.39 is 29.1 Å². The lowest BCUT2D eigenvalue weighted by Crippen LogP contribution is -2.33. The molecule has 2 saturated heterocycles. The van der Waals surface area contributed by atoms with Crippen molar-refractivity contribution in [1.29, 1.82) is 0 Å². The van der Waals surface area contributed by atoms with Gasteiger partial charge in [0.1, 0.15) is 5.84 Å². The number of hydrogen-bond donors (Lipinski definition) is 2. The number of amides is 1. The van der Waals surface area contributed by atoms with Gasteiger partial charge in [-0.25, -0.2) is 0 Å². The Morgan fingerprint density at radius 2 is 1.79 bits per heavy atom. The van der Waals surface area contributed by atoms with Gasteiger partial charge in [0.25, 0.3) is 5.24 Å². The van der Waals surface area contributed by atoms with Crippen molar-refractivity contribution in [3.63, 3.8) is 0 Å². The molecule has 3 rings (SSSR count). The molecule has 34 heavy (non-hydrogen) atoms. The number of hydrogen-bond acceptors (Lipinski definition) is 5. The molecule has 12 heteroatoms. The monoisotopic (exact) mass is 509 g/mol. The molecule has 2 N–H and O–H groups in total. The number of alkyl halides is 6. The summed E-state index contributed by atoms with van der Waals surface area (Å²) < 4.78 is 78.9. The van der Waals surface area contributed by atoms with Crippen LogP contribution in [0.1, 0.15) is 43.4 Å². The molecular formula is C22H25F6N3O2S. The molecule has 2 fully saturated rings. The summed E-state index contributed by atoms with van der Waals surface area (Å²) in [6.45, 7) is 4.10. The number of benzene rings is 1. The van der Waals surface area contributed by atoms with Crippen LogP contribution >= 0.6 is 11.8 Å². The summed E-state index contributed by atoms with van der Waals surface area (Å²) in [7, 11) is 0. The molecule has 0 atom stereocenters. The van der Waals surface area contributed by atoms with E-state index in [0.717, 1.165) is 17.8 Å². The Hall–Kier alpha value is -2.05. The van der Waals surface area contributed by atoms with Gasteiger partial charge in [0.05, 0.1) is 28.2 Å². The summed E-state index contributed by atoms with van der Waals surface area (Å²) in [5.41, 5.74) is -3.83. The van der Waals surface area contributed by atoms with E-state index in [-0.39, 0.29) is 35.9 Å². The molecule has 0 radical (unpaired) electrons. The van der Waals surface area contributed by atoms with Gasteiger partial charge in [0.2, 0.25) is 0 Å². The second-order valence-electron chi connectivity index (χ2n) is 9.00. The Kier molecular flexibility index (Phi) is 7.73. The van der Waals surface area contributed by atoms with Crippen LogP contribution in [-0.2, 0) is 18.9 Å². The van der Waals surface area contributed by atoms with Crippen molar-refractivity contribution in [1.82, 2.24) is 10.2 Å². The number of amidine groups is 1. The zero-order chi connectivity index (χ0) is 25.3. The molecule has 1 aromatic carbocycles. The highest BCUT2D eigenvalue weighted by molar-refractivity contribution is 8.18. The first-order valence-corrected chi connectivity index (χ1v) is 11.4. The Labute approximate surface area is 197 Å². The fourth-order valence-electron chi connectivity index (χ4n) is 3.72. The number of carbonyl (C=O) groups excluding carboxylic acids is 1. The molecule has 0 aromatic heterocycles. The maximum atomic E-state index is 13.4. The molecule has 0 aliphatic carbocycles. The van der Waals surface area contributed by atoms with Crippen LogP contribution in [0.5, 0.6) is 0 Å². The van der Waals surface area contributed by atoms with E-state index in [4.69, 9.17) is 0 Å². The van der Waals surface area contributed by atoms with Gasteiger partial charge in [-0.05, 0) is 75.2 Å². The van der Waals surface area contributed by atoms with Gasteiger partial charge in [-0.15, -0.1) is 0 Å². The van der Waals surface area contributed by atoms with E-state index in [0.29, 0.717) is 42.7 Å². The largest absolute Gasteiger partial charge is 0.416 e. The lowest BCUT2D eigenvalue weighted by Gasteiger charge is -2.31. The third kappa shape index (κ3) is 7.22. The Balaban J connectivity index is 1.67. The lowest BCUT2D eigenvalue weighted by molar-refractivity contribution is -0.143. The first-order valence-electron chi connectivity index (χ1n) is 10.6. The minimum atomic E-state index is -4.89. The predicted molar refractivity (Wildman–Crippen MR) is 117 cm³/mol. The van der Waals surface area contributed by atoms with Gasteiger partial charge in [0, 0.05) is 6.54 Å². The molecule has 1 aromatic rings. The first kappa shape index (κ1) is 26.6. The van der Waals surface area contributed by atoms with E-state index in [2.05, 4.69) is 10.3 Å². The van der Waals surface area contributed by atoms with Gasteiger partial charge in [-0.2, -0.15) is 26.3 Å². The Morgan fingerprint density at radius 1 is 1.15 bits per heavy atom. The Morgan fingerprint density at radius 3 is 2.35 bits per heavy atom. The molecule has 1 amide bonds. The summed E-state index contributed by atoms with van der Waals surface area (Å²) in [6, 6.07) is 1.75. The van der Waals surface area contributed by atoms with Crippen LogP contribution in [0.4, 0.5) is 31.1 Å². The van der Waals surface area contributed by atoms with Crippen LogP contribution in [0.3, 0.4) is 0 Å². The van der Waals surface area contributed by atoms with Crippen LogP contribution in [0.25, 0.3) is 0 Å². The average Bonchev–Trinajstić information content (AvgIpc) is 3.05. The first-order chi connectivity index (χ1) is 15.6. The van der Waals surface area contributed by atoms with Gasteiger partial charge >= 0.3 is 12.4 Å². The predicted octanol–water partition coefficient (Wildman–Crippen LogP) is 5.45. The number of carbonyl (C=O) groups is 1. The number of piperidine rings is 1. The summed E-state index contributed by atoms with van der Waals surface area (Å²) in [5, 5.41) is 12.2. The lowest BCUT2D eigenvalue weighted by atomic mass is 9.95. The number of aliphatic hydroxyl groups is 1. The zero-order valence-electron chi connectivity index (χ0n) is 18.6. The van der Waals surface area contributed by atoms with E-state index in [1.807, 2.05) is 6.08 Å². The second kappa shape index (κ2) is 9.90. The minimum absolute atomic E-state index is 0.0634. The van der Waals surface area contributed by atoms with Crippen LogP contribution in [0.2, 0.25) is 0 Å². The molecule has 2 heterocycles. The van der Waals surface area contributed by atoms with Gasteiger partial charge in [0.15, 0.2) is 0 Å². The number of nitrogens with zero attached hydrogens (tertiary/aromatic N) is 2. The topological polar surface area (TPSA) is 64.9 Å². The normalized spacial score (nSPS) is 21.5. The minimum Gasteiger partial charge on any atom is -0.389 e. The molecule has 0 bridgehead atoms. The SMILES string of the molecule is CC(C)(O)CN=C1NC(=O)S/C1=C/C1CCN(Cc2ccc(C(F)(F)F)cc2C(F)(F)F)CC1. The number of nitrogens with one attached hydrogen (secondary N) is 1. The maximum absolute atomic E-state index is 13.4. The van der Waals surface area contributed by atoms with E-state index in [1.165, 1.54) is 0 Å². The second-order valence-corrected chi connectivity index (χ2v) is 10.0. The maximum Gasteiger partial charge on any atom is 0.416 e. The molecule has 0 spiro atoms. The molecule has 188 valence electrons. The van der Waals surface area contributed by atoms with Gasteiger partial charge < -0.3 is 10.4 Å². The van der Waals surface area contributed by atoms with Crippen molar-refractivity contribution in [2.24, 2.45) is 10.9 Å². The molecule has 0 saturated carbocycles. The van der Waals surface area contributed by atoms with Crippen molar-refractivity contribution in [3.05, 3.63) is 45.9 Å². The van der Waals surface area contributed by atoms with E-state index >= 15 is 0 Å².